The normalized spacial score (nSPS) is 9.45. The maximum atomic E-state index is 10.7. The molecule has 0 fully saturated rings. The van der Waals surface area contributed by atoms with Crippen molar-refractivity contribution >= 4 is 23.2 Å². The highest BCUT2D eigenvalue weighted by Gasteiger charge is 2.07. The summed E-state index contributed by atoms with van der Waals surface area (Å²) in [5.74, 6) is -0.00161. The number of carbonyl (C=O) groups is 1. The van der Waals surface area contributed by atoms with Crippen molar-refractivity contribution in [3.8, 4) is 0 Å². The van der Waals surface area contributed by atoms with E-state index in [2.05, 4.69) is 10.1 Å². The summed E-state index contributed by atoms with van der Waals surface area (Å²) in [6.07, 6.45) is 0. The molecule has 0 bridgehead atoms. The Morgan fingerprint density at radius 2 is 2.18 bits per heavy atom. The van der Waals surface area contributed by atoms with Crippen LogP contribution in [0, 0.1) is 5.92 Å². The molecule has 0 spiro atoms. The maximum absolute atomic E-state index is 10.7. The monoisotopic (exact) mass is 175 g/mol. The Bertz CT molecular complexity index is 157. The SMILES string of the molecule is COC(=O)C(=S)NCC(C)C. The highest BCUT2D eigenvalue weighted by atomic mass is 32.1. The summed E-state index contributed by atoms with van der Waals surface area (Å²) in [5.41, 5.74) is 0. The lowest BCUT2D eigenvalue weighted by molar-refractivity contribution is -0.132. The third-order valence-corrected chi connectivity index (χ3v) is 1.35. The summed E-state index contributed by atoms with van der Waals surface area (Å²) >= 11 is 4.71. The van der Waals surface area contributed by atoms with Crippen molar-refractivity contribution in [3.63, 3.8) is 0 Å². The van der Waals surface area contributed by atoms with E-state index in [0.29, 0.717) is 12.5 Å². The molecule has 64 valence electrons. The second kappa shape index (κ2) is 5.07. The van der Waals surface area contributed by atoms with Gasteiger partial charge in [0.25, 0.3) is 0 Å². The summed E-state index contributed by atoms with van der Waals surface area (Å²) in [7, 11) is 1.31. The summed E-state index contributed by atoms with van der Waals surface area (Å²) in [6.45, 7) is 4.77. The minimum absolute atomic E-state index is 0.154. The van der Waals surface area contributed by atoms with Gasteiger partial charge in [0.1, 0.15) is 0 Å². The van der Waals surface area contributed by atoms with Crippen molar-refractivity contribution in [2.24, 2.45) is 5.92 Å². The standard InChI is InChI=1S/C7H13NO2S/c1-5(2)4-8-6(11)7(9)10-3/h5H,4H2,1-3H3,(H,8,11). The van der Waals surface area contributed by atoms with Gasteiger partial charge < -0.3 is 10.1 Å². The molecule has 11 heavy (non-hydrogen) atoms. The summed E-state index contributed by atoms with van der Waals surface area (Å²) in [6, 6.07) is 0. The smallest absolute Gasteiger partial charge is 0.365 e. The fourth-order valence-electron chi connectivity index (χ4n) is 0.462. The topological polar surface area (TPSA) is 38.3 Å². The number of rotatable bonds is 2. The molecule has 0 aromatic heterocycles. The van der Waals surface area contributed by atoms with Crippen LogP contribution in [0.4, 0.5) is 0 Å². The minimum atomic E-state index is -0.472. The van der Waals surface area contributed by atoms with Crippen LogP contribution in [0.2, 0.25) is 0 Å². The zero-order valence-electron chi connectivity index (χ0n) is 7.01. The number of ether oxygens (including phenoxy) is 1. The van der Waals surface area contributed by atoms with Crippen LogP contribution in [0.1, 0.15) is 13.8 Å². The predicted octanol–water partition coefficient (Wildman–Crippen LogP) is 0.732. The van der Waals surface area contributed by atoms with E-state index < -0.39 is 5.97 Å². The van der Waals surface area contributed by atoms with E-state index in [1.54, 1.807) is 0 Å². The zero-order valence-corrected chi connectivity index (χ0v) is 7.83. The first kappa shape index (κ1) is 10.4. The van der Waals surface area contributed by atoms with Crippen molar-refractivity contribution in [3.05, 3.63) is 0 Å². The first-order valence-electron chi connectivity index (χ1n) is 3.44. The number of esters is 1. The van der Waals surface area contributed by atoms with Crippen LogP contribution in [-0.4, -0.2) is 24.6 Å². The van der Waals surface area contributed by atoms with Crippen molar-refractivity contribution in [1.29, 1.82) is 0 Å². The molecular weight excluding hydrogens is 162 g/mol. The molecule has 0 amide bonds. The number of nitrogens with one attached hydrogen (secondary N) is 1. The fourth-order valence-corrected chi connectivity index (χ4v) is 0.628. The van der Waals surface area contributed by atoms with Gasteiger partial charge in [-0.25, -0.2) is 4.79 Å². The molecule has 4 heteroatoms. The van der Waals surface area contributed by atoms with E-state index in [0.717, 1.165) is 0 Å². The number of hydrogen-bond acceptors (Lipinski definition) is 3. The largest absolute Gasteiger partial charge is 0.464 e. The van der Waals surface area contributed by atoms with Crippen molar-refractivity contribution in [2.75, 3.05) is 13.7 Å². The van der Waals surface area contributed by atoms with Gasteiger partial charge in [0.05, 0.1) is 7.11 Å². The second-order valence-electron chi connectivity index (χ2n) is 2.60. The van der Waals surface area contributed by atoms with Crippen LogP contribution in [0.25, 0.3) is 0 Å². The van der Waals surface area contributed by atoms with E-state index in [9.17, 15) is 4.79 Å². The minimum Gasteiger partial charge on any atom is -0.464 e. The molecule has 0 radical (unpaired) electrons. The lowest BCUT2D eigenvalue weighted by Gasteiger charge is -2.07. The lowest BCUT2D eigenvalue weighted by Crippen LogP contribution is -2.32. The van der Waals surface area contributed by atoms with Crippen molar-refractivity contribution < 1.29 is 9.53 Å². The first-order chi connectivity index (χ1) is 5.07. The van der Waals surface area contributed by atoms with Gasteiger partial charge in [-0.1, -0.05) is 26.1 Å². The van der Waals surface area contributed by atoms with Gasteiger partial charge in [0, 0.05) is 6.54 Å². The Kier molecular flexibility index (Phi) is 4.77. The van der Waals surface area contributed by atoms with Crippen LogP contribution in [-0.2, 0) is 9.53 Å². The van der Waals surface area contributed by atoms with E-state index in [1.807, 2.05) is 13.8 Å². The van der Waals surface area contributed by atoms with Gasteiger partial charge in [-0.3, -0.25) is 0 Å². The Hall–Kier alpha value is -0.640. The molecule has 0 saturated carbocycles. The molecule has 0 atom stereocenters. The second-order valence-corrected chi connectivity index (χ2v) is 3.00. The fraction of sp³-hybridized carbons (Fsp3) is 0.714. The third-order valence-electron chi connectivity index (χ3n) is 1.04. The molecular formula is C7H13NO2S. The molecule has 0 aliphatic carbocycles. The van der Waals surface area contributed by atoms with Crippen LogP contribution >= 0.6 is 12.2 Å². The predicted molar refractivity (Wildman–Crippen MR) is 47.5 cm³/mol. The van der Waals surface area contributed by atoms with Gasteiger partial charge in [-0.2, -0.15) is 0 Å². The molecule has 0 rings (SSSR count). The molecule has 0 aromatic carbocycles. The van der Waals surface area contributed by atoms with Gasteiger partial charge in [0.2, 0.25) is 0 Å². The van der Waals surface area contributed by atoms with Crippen molar-refractivity contribution in [1.82, 2.24) is 5.32 Å². The maximum Gasteiger partial charge on any atom is 0.365 e. The number of carbonyl (C=O) groups excluding carboxylic acids is 1. The average Bonchev–Trinajstić information content (AvgIpc) is 1.98. The first-order valence-corrected chi connectivity index (χ1v) is 3.85. The van der Waals surface area contributed by atoms with Gasteiger partial charge in [0.15, 0.2) is 4.99 Å². The Morgan fingerprint density at radius 1 is 1.64 bits per heavy atom. The number of hydrogen-bond donors (Lipinski definition) is 1. The summed E-state index contributed by atoms with van der Waals surface area (Å²) in [5, 5.41) is 2.79. The molecule has 0 heterocycles. The molecule has 0 aromatic rings. The molecule has 0 aliphatic rings. The van der Waals surface area contributed by atoms with E-state index in [4.69, 9.17) is 12.2 Å². The molecule has 3 nitrogen and oxygen atoms in total. The molecule has 0 unspecified atom stereocenters. The lowest BCUT2D eigenvalue weighted by atomic mass is 10.2. The zero-order chi connectivity index (χ0) is 8.85. The Morgan fingerprint density at radius 3 is 2.55 bits per heavy atom. The van der Waals surface area contributed by atoms with E-state index >= 15 is 0 Å². The van der Waals surface area contributed by atoms with Gasteiger partial charge >= 0.3 is 5.97 Å². The quantitative estimate of drug-likeness (QED) is 0.496. The van der Waals surface area contributed by atoms with Crippen molar-refractivity contribution in [2.45, 2.75) is 13.8 Å². The van der Waals surface area contributed by atoms with Gasteiger partial charge in [-0.05, 0) is 5.92 Å². The highest BCUT2D eigenvalue weighted by molar-refractivity contribution is 7.81. The molecule has 0 aliphatic heterocycles. The Labute approximate surface area is 72.1 Å². The van der Waals surface area contributed by atoms with Crippen LogP contribution in [0.15, 0.2) is 0 Å². The van der Waals surface area contributed by atoms with Crippen LogP contribution < -0.4 is 5.32 Å². The van der Waals surface area contributed by atoms with E-state index in [1.165, 1.54) is 7.11 Å². The number of methoxy groups -OCH3 is 1. The molecule has 0 saturated heterocycles. The third kappa shape index (κ3) is 4.72. The summed E-state index contributed by atoms with van der Waals surface area (Å²) < 4.78 is 4.40. The van der Waals surface area contributed by atoms with Crippen LogP contribution in [0.5, 0.6) is 0 Å². The average molecular weight is 175 g/mol. The highest BCUT2D eigenvalue weighted by Crippen LogP contribution is 1.88. The number of thiocarbonyl (C=S) groups is 1. The van der Waals surface area contributed by atoms with E-state index in [-0.39, 0.29) is 4.99 Å². The Balaban J connectivity index is 3.61. The van der Waals surface area contributed by atoms with Crippen LogP contribution in [0.3, 0.4) is 0 Å². The summed E-state index contributed by atoms with van der Waals surface area (Å²) in [4.78, 5) is 10.9. The van der Waals surface area contributed by atoms with Gasteiger partial charge in [-0.15, -0.1) is 0 Å². The molecule has 1 N–H and O–H groups in total.